The Morgan fingerprint density at radius 3 is 2.81 bits per heavy atom. The van der Waals surface area contributed by atoms with Crippen LogP contribution < -0.4 is 5.32 Å². The van der Waals surface area contributed by atoms with E-state index in [2.05, 4.69) is 20.9 Å². The van der Waals surface area contributed by atoms with Crippen molar-refractivity contribution in [1.29, 1.82) is 0 Å². The Balaban J connectivity index is 1.58. The molecule has 0 unspecified atom stereocenters. The summed E-state index contributed by atoms with van der Waals surface area (Å²) in [5, 5.41) is 3.17. The minimum Gasteiger partial charge on any atom is -0.353 e. The number of carbonyl (C=O) groups excluding carboxylic acids is 1. The van der Waals surface area contributed by atoms with E-state index in [1.165, 1.54) is 19.3 Å². The van der Waals surface area contributed by atoms with Crippen molar-refractivity contribution in [1.82, 2.24) is 14.9 Å². The lowest BCUT2D eigenvalue weighted by molar-refractivity contribution is -0.122. The van der Waals surface area contributed by atoms with Gasteiger partial charge in [-0.3, -0.25) is 4.79 Å². The van der Waals surface area contributed by atoms with Gasteiger partial charge in [-0.1, -0.05) is 31.4 Å². The molecule has 0 saturated heterocycles. The van der Waals surface area contributed by atoms with E-state index < -0.39 is 0 Å². The van der Waals surface area contributed by atoms with E-state index in [1.54, 1.807) is 0 Å². The highest BCUT2D eigenvalue weighted by Gasteiger charge is 2.16. The highest BCUT2D eigenvalue weighted by Crippen LogP contribution is 2.18. The van der Waals surface area contributed by atoms with Crippen molar-refractivity contribution >= 4 is 16.9 Å². The molecule has 0 radical (unpaired) electrons. The van der Waals surface area contributed by atoms with Gasteiger partial charge in [-0.05, 0) is 25.0 Å². The number of amides is 1. The van der Waals surface area contributed by atoms with Gasteiger partial charge >= 0.3 is 0 Å². The lowest BCUT2D eigenvalue weighted by Gasteiger charge is -2.22. The van der Waals surface area contributed by atoms with E-state index >= 15 is 0 Å². The van der Waals surface area contributed by atoms with Crippen molar-refractivity contribution in [2.45, 2.75) is 51.0 Å². The smallest absolute Gasteiger partial charge is 0.220 e. The number of nitrogens with one attached hydrogen (secondary N) is 1. The zero-order valence-electron chi connectivity index (χ0n) is 12.6. The normalized spacial score (nSPS) is 16.2. The molecule has 1 fully saturated rings. The monoisotopic (exact) mass is 285 g/mol. The number of aryl methyl sites for hydroxylation is 2. The highest BCUT2D eigenvalue weighted by atomic mass is 16.1. The number of nitrogens with zero attached hydrogens (tertiary/aromatic N) is 2. The largest absolute Gasteiger partial charge is 0.353 e. The lowest BCUT2D eigenvalue weighted by atomic mass is 9.95. The van der Waals surface area contributed by atoms with Crippen LogP contribution in [-0.4, -0.2) is 21.5 Å². The summed E-state index contributed by atoms with van der Waals surface area (Å²) in [4.78, 5) is 16.7. The zero-order chi connectivity index (χ0) is 14.7. The molecule has 0 aliphatic heterocycles. The zero-order valence-corrected chi connectivity index (χ0v) is 12.6. The van der Waals surface area contributed by atoms with Crippen LogP contribution in [0.5, 0.6) is 0 Å². The lowest BCUT2D eigenvalue weighted by Crippen LogP contribution is -2.36. The molecule has 21 heavy (non-hydrogen) atoms. The van der Waals surface area contributed by atoms with E-state index in [0.717, 1.165) is 29.7 Å². The average Bonchev–Trinajstić information content (AvgIpc) is 2.83. The summed E-state index contributed by atoms with van der Waals surface area (Å²) in [6.07, 6.45) is 7.30. The molecule has 0 atom stereocenters. The number of carbonyl (C=O) groups is 1. The first-order valence-corrected chi connectivity index (χ1v) is 7.94. The number of para-hydroxylation sites is 2. The first-order valence-electron chi connectivity index (χ1n) is 7.94. The number of hydrogen-bond donors (Lipinski definition) is 1. The molecular weight excluding hydrogens is 262 g/mol. The molecule has 2 aromatic rings. The third-order valence-corrected chi connectivity index (χ3v) is 4.43. The molecule has 1 N–H and O–H groups in total. The molecule has 4 heteroatoms. The third-order valence-electron chi connectivity index (χ3n) is 4.43. The maximum absolute atomic E-state index is 12.1. The first kappa shape index (κ1) is 14.1. The summed E-state index contributed by atoms with van der Waals surface area (Å²) < 4.78 is 2.09. The maximum Gasteiger partial charge on any atom is 0.220 e. The molecule has 112 valence electrons. The number of rotatable bonds is 4. The van der Waals surface area contributed by atoms with E-state index in [0.29, 0.717) is 18.9 Å². The fourth-order valence-electron chi connectivity index (χ4n) is 3.19. The summed E-state index contributed by atoms with van der Waals surface area (Å²) in [6, 6.07) is 8.49. The molecule has 1 amide bonds. The molecule has 1 aliphatic carbocycles. The topological polar surface area (TPSA) is 46.9 Å². The fourth-order valence-corrected chi connectivity index (χ4v) is 3.19. The average molecular weight is 285 g/mol. The van der Waals surface area contributed by atoms with Gasteiger partial charge < -0.3 is 9.88 Å². The predicted molar refractivity (Wildman–Crippen MR) is 84.1 cm³/mol. The van der Waals surface area contributed by atoms with Gasteiger partial charge in [-0.2, -0.15) is 0 Å². The Kier molecular flexibility index (Phi) is 4.23. The third kappa shape index (κ3) is 3.26. The quantitative estimate of drug-likeness (QED) is 0.939. The summed E-state index contributed by atoms with van der Waals surface area (Å²) in [5.41, 5.74) is 2.13. The molecule has 1 aromatic heterocycles. The van der Waals surface area contributed by atoms with Crippen molar-refractivity contribution in [2.24, 2.45) is 7.05 Å². The van der Waals surface area contributed by atoms with Gasteiger partial charge in [0, 0.05) is 25.9 Å². The van der Waals surface area contributed by atoms with Gasteiger partial charge in [0.25, 0.3) is 0 Å². The molecule has 1 saturated carbocycles. The molecule has 1 aromatic carbocycles. The molecule has 0 spiro atoms. The van der Waals surface area contributed by atoms with E-state index in [4.69, 9.17) is 0 Å². The van der Waals surface area contributed by atoms with Crippen molar-refractivity contribution < 1.29 is 4.79 Å². The van der Waals surface area contributed by atoms with Crippen LogP contribution in [0.2, 0.25) is 0 Å². The predicted octanol–water partition coefficient (Wildman–Crippen LogP) is 2.95. The fraction of sp³-hybridized carbons (Fsp3) is 0.529. The number of fused-ring (bicyclic) bond motifs is 1. The second-order valence-electron chi connectivity index (χ2n) is 5.98. The van der Waals surface area contributed by atoms with Crippen molar-refractivity contribution in [3.63, 3.8) is 0 Å². The molecule has 1 aliphatic rings. The van der Waals surface area contributed by atoms with Crippen LogP contribution in [0.3, 0.4) is 0 Å². The molecule has 0 bridgehead atoms. The number of aromatic nitrogens is 2. The van der Waals surface area contributed by atoms with Gasteiger partial charge in [0.2, 0.25) is 5.91 Å². The number of benzene rings is 1. The maximum atomic E-state index is 12.1. The van der Waals surface area contributed by atoms with Crippen LogP contribution in [0.4, 0.5) is 0 Å². The minimum atomic E-state index is 0.161. The second kappa shape index (κ2) is 6.29. The van der Waals surface area contributed by atoms with Gasteiger partial charge in [0.15, 0.2) is 0 Å². The van der Waals surface area contributed by atoms with Crippen molar-refractivity contribution in [2.75, 3.05) is 0 Å². The molecule has 1 heterocycles. The van der Waals surface area contributed by atoms with Crippen LogP contribution in [0.25, 0.3) is 11.0 Å². The molecule has 4 nitrogen and oxygen atoms in total. The van der Waals surface area contributed by atoms with Crippen molar-refractivity contribution in [3.05, 3.63) is 30.1 Å². The molecule has 3 rings (SSSR count). The van der Waals surface area contributed by atoms with Gasteiger partial charge in [0.1, 0.15) is 5.82 Å². The highest BCUT2D eigenvalue weighted by molar-refractivity contribution is 5.77. The number of hydrogen-bond acceptors (Lipinski definition) is 2. The summed E-state index contributed by atoms with van der Waals surface area (Å²) in [6.45, 7) is 0. The Labute approximate surface area is 125 Å². The SMILES string of the molecule is Cn1c(CCC(=O)NC2CCCCC2)nc2ccccc21. The van der Waals surface area contributed by atoms with E-state index in [-0.39, 0.29) is 5.91 Å². The van der Waals surface area contributed by atoms with Gasteiger partial charge in [-0.25, -0.2) is 4.98 Å². The van der Waals surface area contributed by atoms with Crippen LogP contribution in [0, 0.1) is 0 Å². The van der Waals surface area contributed by atoms with Crippen LogP contribution >= 0.6 is 0 Å². The minimum absolute atomic E-state index is 0.161. The van der Waals surface area contributed by atoms with E-state index in [9.17, 15) is 4.79 Å². The van der Waals surface area contributed by atoms with Crippen LogP contribution in [0.15, 0.2) is 24.3 Å². The first-order chi connectivity index (χ1) is 10.2. The summed E-state index contributed by atoms with van der Waals surface area (Å²) in [7, 11) is 2.02. The van der Waals surface area contributed by atoms with E-state index in [1.807, 2.05) is 25.2 Å². The Bertz CT molecular complexity index is 626. The molecular formula is C17H23N3O. The summed E-state index contributed by atoms with van der Waals surface area (Å²) in [5.74, 6) is 1.14. The van der Waals surface area contributed by atoms with Gasteiger partial charge in [0.05, 0.1) is 11.0 Å². The Hall–Kier alpha value is -1.84. The second-order valence-corrected chi connectivity index (χ2v) is 5.98. The van der Waals surface area contributed by atoms with Crippen molar-refractivity contribution in [3.8, 4) is 0 Å². The Morgan fingerprint density at radius 1 is 1.29 bits per heavy atom. The van der Waals surface area contributed by atoms with Crippen LogP contribution in [0.1, 0.15) is 44.3 Å². The Morgan fingerprint density at radius 2 is 2.05 bits per heavy atom. The standard InChI is InChI=1S/C17H23N3O/c1-20-15-10-6-5-9-14(15)19-16(20)11-12-17(21)18-13-7-3-2-4-8-13/h5-6,9-10,13H,2-4,7-8,11-12H2,1H3,(H,18,21). The van der Waals surface area contributed by atoms with Gasteiger partial charge in [-0.15, -0.1) is 0 Å². The number of imidazole rings is 1. The summed E-state index contributed by atoms with van der Waals surface area (Å²) >= 11 is 0. The van der Waals surface area contributed by atoms with Crippen LogP contribution in [-0.2, 0) is 18.3 Å².